The van der Waals surface area contributed by atoms with Crippen LogP contribution in [0.5, 0.6) is 11.5 Å². The molecule has 0 heterocycles. The quantitative estimate of drug-likeness (QED) is 0.584. The fraction of sp³-hybridized carbons (Fsp3) is 0.316. The van der Waals surface area contributed by atoms with E-state index in [0.29, 0.717) is 12.8 Å². The first kappa shape index (κ1) is 17.1. The Hall–Kier alpha value is -2.73. The second-order valence-corrected chi connectivity index (χ2v) is 6.06. The second kappa shape index (κ2) is 7.03. The highest BCUT2D eigenvalue weighted by Crippen LogP contribution is 2.38. The number of nitrogens with zero attached hydrogens (tertiary/aromatic N) is 1. The van der Waals surface area contributed by atoms with Crippen molar-refractivity contribution in [2.24, 2.45) is 5.73 Å². The van der Waals surface area contributed by atoms with Gasteiger partial charge in [0.1, 0.15) is 11.5 Å². The van der Waals surface area contributed by atoms with E-state index in [-0.39, 0.29) is 12.0 Å². The zero-order chi connectivity index (χ0) is 18.0. The third-order valence-corrected chi connectivity index (χ3v) is 4.68. The van der Waals surface area contributed by atoms with Gasteiger partial charge in [0.2, 0.25) is 0 Å². The van der Waals surface area contributed by atoms with E-state index < -0.39 is 6.10 Å². The van der Waals surface area contributed by atoms with Gasteiger partial charge in [0, 0.05) is 23.2 Å². The van der Waals surface area contributed by atoms with Crippen LogP contribution in [-0.2, 0) is 12.8 Å². The normalized spacial score (nSPS) is 19.0. The number of anilines is 1. The van der Waals surface area contributed by atoms with Crippen molar-refractivity contribution < 1.29 is 14.6 Å². The van der Waals surface area contributed by atoms with E-state index in [1.807, 2.05) is 42.5 Å². The minimum atomic E-state index is -0.683. The van der Waals surface area contributed by atoms with Gasteiger partial charge in [-0.2, -0.15) is 0 Å². The second-order valence-electron chi connectivity index (χ2n) is 6.06. The molecule has 1 aliphatic rings. The topological polar surface area (TPSA) is 91.8 Å². The molecule has 0 saturated carbocycles. The first-order valence-electron chi connectivity index (χ1n) is 8.16. The van der Waals surface area contributed by atoms with Crippen LogP contribution in [0.3, 0.4) is 0 Å². The zero-order valence-electron chi connectivity index (χ0n) is 14.4. The number of aliphatic hydroxyl groups excluding tert-OH is 1. The number of ether oxygens (including phenoxy) is 2. The van der Waals surface area contributed by atoms with Gasteiger partial charge >= 0.3 is 0 Å². The van der Waals surface area contributed by atoms with Crippen molar-refractivity contribution in [1.29, 1.82) is 5.41 Å². The van der Waals surface area contributed by atoms with E-state index in [1.54, 1.807) is 19.1 Å². The summed E-state index contributed by atoms with van der Waals surface area (Å²) in [5, 5.41) is 18.8. The number of nitrogens with two attached hydrogens (primary N) is 1. The van der Waals surface area contributed by atoms with Gasteiger partial charge in [-0.1, -0.05) is 18.2 Å². The number of nitrogens with one attached hydrogen (secondary N) is 1. The Labute approximate surface area is 147 Å². The van der Waals surface area contributed by atoms with Crippen molar-refractivity contribution in [3.63, 3.8) is 0 Å². The maximum absolute atomic E-state index is 10.8. The summed E-state index contributed by atoms with van der Waals surface area (Å²) in [6.45, 7) is 0. The Kier molecular flexibility index (Phi) is 4.81. The van der Waals surface area contributed by atoms with Crippen LogP contribution in [0.15, 0.2) is 42.5 Å². The molecule has 0 amide bonds. The van der Waals surface area contributed by atoms with Gasteiger partial charge < -0.3 is 25.2 Å². The van der Waals surface area contributed by atoms with Crippen LogP contribution >= 0.6 is 0 Å². The van der Waals surface area contributed by atoms with Gasteiger partial charge in [-0.25, -0.2) is 0 Å². The average Bonchev–Trinajstić information content (AvgIpc) is 2.62. The van der Waals surface area contributed by atoms with E-state index in [9.17, 15) is 5.11 Å². The third-order valence-electron chi connectivity index (χ3n) is 4.68. The van der Waals surface area contributed by atoms with E-state index in [1.165, 1.54) is 0 Å². The lowest BCUT2D eigenvalue weighted by atomic mass is 9.84. The van der Waals surface area contributed by atoms with E-state index in [4.69, 9.17) is 20.6 Å². The number of hydrogen-bond donors (Lipinski definition) is 3. The summed E-state index contributed by atoms with van der Waals surface area (Å²) in [5.74, 6) is 1.40. The van der Waals surface area contributed by atoms with Crippen LogP contribution in [0.2, 0.25) is 0 Å². The number of benzene rings is 2. The fourth-order valence-corrected chi connectivity index (χ4v) is 3.53. The highest BCUT2D eigenvalue weighted by Gasteiger charge is 2.36. The van der Waals surface area contributed by atoms with E-state index in [0.717, 1.165) is 28.3 Å². The van der Waals surface area contributed by atoms with Crippen LogP contribution in [0, 0.1) is 5.41 Å². The van der Waals surface area contributed by atoms with Gasteiger partial charge in [-0.05, 0) is 30.7 Å². The molecule has 0 spiro atoms. The Balaban J connectivity index is 2.04. The minimum Gasteiger partial charge on any atom is -0.496 e. The summed E-state index contributed by atoms with van der Waals surface area (Å²) in [6, 6.07) is 12.8. The van der Waals surface area contributed by atoms with Crippen molar-refractivity contribution in [1.82, 2.24) is 0 Å². The van der Waals surface area contributed by atoms with Crippen LogP contribution < -0.4 is 20.1 Å². The number of rotatable bonds is 4. The molecule has 0 aromatic heterocycles. The SMILES string of the molecule is COc1ccc(OC)c2c1CC(O)C(N(C(=N)N)c1ccccc1)C2. The molecule has 4 N–H and O–H groups in total. The number of aliphatic hydroxyl groups is 1. The van der Waals surface area contributed by atoms with Crippen LogP contribution in [0.25, 0.3) is 0 Å². The third kappa shape index (κ3) is 3.13. The van der Waals surface area contributed by atoms with Gasteiger partial charge in [0.05, 0.1) is 26.4 Å². The molecule has 1 aliphatic carbocycles. The van der Waals surface area contributed by atoms with E-state index in [2.05, 4.69) is 0 Å². The van der Waals surface area contributed by atoms with Gasteiger partial charge in [0.15, 0.2) is 5.96 Å². The molecule has 6 heteroatoms. The molecule has 0 radical (unpaired) electrons. The molecular formula is C19H23N3O3. The predicted molar refractivity (Wildman–Crippen MR) is 97.6 cm³/mol. The Bertz CT molecular complexity index is 764. The van der Waals surface area contributed by atoms with Crippen molar-refractivity contribution in [3.05, 3.63) is 53.6 Å². The molecule has 2 aromatic rings. The highest BCUT2D eigenvalue weighted by atomic mass is 16.5. The molecule has 6 nitrogen and oxygen atoms in total. The molecule has 0 saturated heterocycles. The molecule has 3 rings (SSSR count). The first-order chi connectivity index (χ1) is 12.1. The molecule has 0 bridgehead atoms. The monoisotopic (exact) mass is 341 g/mol. The average molecular weight is 341 g/mol. The summed E-state index contributed by atoms with van der Waals surface area (Å²) in [7, 11) is 3.24. The Morgan fingerprint density at radius 2 is 1.60 bits per heavy atom. The van der Waals surface area contributed by atoms with Gasteiger partial charge in [-0.15, -0.1) is 0 Å². The highest BCUT2D eigenvalue weighted by molar-refractivity contribution is 5.93. The van der Waals surface area contributed by atoms with Crippen LogP contribution in [0.1, 0.15) is 11.1 Å². The Morgan fingerprint density at radius 1 is 1.04 bits per heavy atom. The summed E-state index contributed by atoms with van der Waals surface area (Å²) < 4.78 is 10.9. The van der Waals surface area contributed by atoms with Crippen molar-refractivity contribution in [2.45, 2.75) is 25.0 Å². The molecule has 0 aliphatic heterocycles. The first-order valence-corrected chi connectivity index (χ1v) is 8.16. The Morgan fingerprint density at radius 3 is 2.12 bits per heavy atom. The van der Waals surface area contributed by atoms with Crippen LogP contribution in [-0.4, -0.2) is 37.4 Å². The number of guanidine groups is 1. The van der Waals surface area contributed by atoms with Crippen LogP contribution in [0.4, 0.5) is 5.69 Å². The number of para-hydroxylation sites is 1. The molecular weight excluding hydrogens is 318 g/mol. The van der Waals surface area contributed by atoms with Gasteiger partial charge in [-0.3, -0.25) is 5.41 Å². The van der Waals surface area contributed by atoms with Crippen molar-refractivity contribution >= 4 is 11.6 Å². The number of methoxy groups -OCH3 is 2. The fourth-order valence-electron chi connectivity index (χ4n) is 3.53. The minimum absolute atomic E-state index is 0.0967. The lowest BCUT2D eigenvalue weighted by Crippen LogP contribution is -2.53. The summed E-state index contributed by atoms with van der Waals surface area (Å²) in [4.78, 5) is 1.67. The molecule has 2 unspecified atom stereocenters. The maximum atomic E-state index is 10.8. The number of fused-ring (bicyclic) bond motifs is 1. The summed E-state index contributed by atoms with van der Waals surface area (Å²) >= 11 is 0. The molecule has 2 atom stereocenters. The van der Waals surface area contributed by atoms with Crippen molar-refractivity contribution in [2.75, 3.05) is 19.1 Å². The predicted octanol–water partition coefficient (Wildman–Crippen LogP) is 1.93. The maximum Gasteiger partial charge on any atom is 0.193 e. The largest absolute Gasteiger partial charge is 0.496 e. The van der Waals surface area contributed by atoms with Gasteiger partial charge in [0.25, 0.3) is 0 Å². The molecule has 25 heavy (non-hydrogen) atoms. The lowest BCUT2D eigenvalue weighted by Gasteiger charge is -2.39. The van der Waals surface area contributed by atoms with E-state index >= 15 is 0 Å². The summed E-state index contributed by atoms with van der Waals surface area (Å²) in [6.07, 6.45) is 0.236. The lowest BCUT2D eigenvalue weighted by molar-refractivity contribution is 0.136. The zero-order valence-corrected chi connectivity index (χ0v) is 14.4. The standard InChI is InChI=1S/C19H23N3O3/c1-24-17-8-9-18(25-2)14-11-16(23)15(10-13(14)17)22(19(20)21)12-6-4-3-5-7-12/h3-9,15-16,23H,10-11H2,1-2H3,(H3,20,21). The molecule has 132 valence electrons. The molecule has 2 aromatic carbocycles. The molecule has 0 fully saturated rings. The summed E-state index contributed by atoms with van der Waals surface area (Å²) in [5.41, 5.74) is 8.56. The van der Waals surface area contributed by atoms with Crippen molar-refractivity contribution in [3.8, 4) is 11.5 Å². The number of hydrogen-bond acceptors (Lipinski definition) is 4. The smallest absolute Gasteiger partial charge is 0.193 e.